The van der Waals surface area contributed by atoms with Crippen LogP contribution in [0.5, 0.6) is 11.5 Å². The molecule has 2 heterocycles. The molecule has 0 amide bonds. The molecule has 0 atom stereocenters. The Balaban J connectivity index is 1.58. The quantitative estimate of drug-likeness (QED) is 0.342. The van der Waals surface area contributed by atoms with Gasteiger partial charge in [-0.2, -0.15) is 0 Å². The van der Waals surface area contributed by atoms with Crippen LogP contribution in [0.2, 0.25) is 10.0 Å². The maximum absolute atomic E-state index is 6.52. The van der Waals surface area contributed by atoms with E-state index in [1.165, 1.54) is 0 Å². The lowest BCUT2D eigenvalue weighted by Crippen LogP contribution is -2.06. The first-order valence-electron chi connectivity index (χ1n) is 10.5. The number of halogens is 2. The minimum atomic E-state index is 0.416. The van der Waals surface area contributed by atoms with Gasteiger partial charge in [0.2, 0.25) is 5.95 Å². The third-order valence-electron chi connectivity index (χ3n) is 5.53. The van der Waals surface area contributed by atoms with Gasteiger partial charge < -0.3 is 14.8 Å². The molecule has 3 aromatic carbocycles. The standard InChI is InChI=1S/C26H20Cl2N4O2/c1-33-22-10-8-17(12-23(22)34-2)31-26-30-14-15-13-29-25(19-5-3-4-6-21(19)28)20-11-16(27)7-9-18(20)24(15)32-26/h3-12,14H,13H2,1-2H3,(H,30,31,32). The molecule has 170 valence electrons. The van der Waals surface area contributed by atoms with Crippen molar-refractivity contribution in [2.45, 2.75) is 6.54 Å². The van der Waals surface area contributed by atoms with Gasteiger partial charge in [-0.25, -0.2) is 9.97 Å². The number of aliphatic imine (C=N–C) groups is 1. The number of methoxy groups -OCH3 is 2. The average Bonchev–Trinajstić information content (AvgIpc) is 3.00. The minimum absolute atomic E-state index is 0.416. The number of hydrogen-bond acceptors (Lipinski definition) is 6. The Labute approximate surface area is 207 Å². The van der Waals surface area contributed by atoms with Crippen LogP contribution < -0.4 is 14.8 Å². The Morgan fingerprint density at radius 1 is 0.853 bits per heavy atom. The topological polar surface area (TPSA) is 68.6 Å². The number of nitrogens with one attached hydrogen (secondary N) is 1. The van der Waals surface area contributed by atoms with Gasteiger partial charge in [0, 0.05) is 50.2 Å². The predicted molar refractivity (Wildman–Crippen MR) is 136 cm³/mol. The first kappa shape index (κ1) is 22.2. The van der Waals surface area contributed by atoms with Gasteiger partial charge in [-0.3, -0.25) is 4.99 Å². The monoisotopic (exact) mass is 490 g/mol. The highest BCUT2D eigenvalue weighted by Crippen LogP contribution is 2.35. The molecule has 1 aromatic heterocycles. The highest BCUT2D eigenvalue weighted by molar-refractivity contribution is 6.36. The van der Waals surface area contributed by atoms with Crippen LogP contribution in [0.25, 0.3) is 11.3 Å². The summed E-state index contributed by atoms with van der Waals surface area (Å²) in [6, 6.07) is 18.9. The van der Waals surface area contributed by atoms with E-state index in [2.05, 4.69) is 10.3 Å². The Bertz CT molecular complexity index is 1420. The number of rotatable bonds is 5. The molecule has 0 unspecified atom stereocenters. The first-order valence-corrected chi connectivity index (χ1v) is 11.3. The number of fused-ring (bicyclic) bond motifs is 3. The lowest BCUT2D eigenvalue weighted by Gasteiger charge is -2.14. The van der Waals surface area contributed by atoms with E-state index in [0.29, 0.717) is 34.0 Å². The fourth-order valence-electron chi connectivity index (χ4n) is 3.91. The zero-order valence-electron chi connectivity index (χ0n) is 18.5. The number of ether oxygens (including phenoxy) is 2. The van der Waals surface area contributed by atoms with Crippen molar-refractivity contribution in [2.75, 3.05) is 19.5 Å². The number of benzene rings is 3. The Morgan fingerprint density at radius 3 is 2.47 bits per heavy atom. The van der Waals surface area contributed by atoms with Crippen molar-refractivity contribution < 1.29 is 9.47 Å². The van der Waals surface area contributed by atoms with E-state index in [0.717, 1.165) is 39.3 Å². The summed E-state index contributed by atoms with van der Waals surface area (Å²) in [4.78, 5) is 14.2. The Hall–Kier alpha value is -3.61. The van der Waals surface area contributed by atoms with Crippen molar-refractivity contribution in [1.29, 1.82) is 0 Å². The first-order chi connectivity index (χ1) is 16.6. The zero-order valence-corrected chi connectivity index (χ0v) is 20.0. The van der Waals surface area contributed by atoms with Crippen molar-refractivity contribution in [3.05, 3.63) is 93.6 Å². The molecule has 1 aliphatic rings. The maximum Gasteiger partial charge on any atom is 0.227 e. The van der Waals surface area contributed by atoms with Crippen LogP contribution in [0.4, 0.5) is 11.6 Å². The summed E-state index contributed by atoms with van der Waals surface area (Å²) < 4.78 is 10.7. The second-order valence-electron chi connectivity index (χ2n) is 7.60. The third-order valence-corrected chi connectivity index (χ3v) is 6.10. The molecular weight excluding hydrogens is 471 g/mol. The number of anilines is 2. The van der Waals surface area contributed by atoms with Crippen molar-refractivity contribution in [3.8, 4) is 22.8 Å². The average molecular weight is 491 g/mol. The van der Waals surface area contributed by atoms with E-state index in [9.17, 15) is 0 Å². The van der Waals surface area contributed by atoms with Crippen LogP contribution in [-0.2, 0) is 6.54 Å². The van der Waals surface area contributed by atoms with Crippen LogP contribution >= 0.6 is 23.2 Å². The highest BCUT2D eigenvalue weighted by Gasteiger charge is 2.22. The van der Waals surface area contributed by atoms with Gasteiger partial charge in [-0.1, -0.05) is 47.5 Å². The molecule has 0 bridgehead atoms. The number of aromatic nitrogens is 2. The Kier molecular flexibility index (Phi) is 6.09. The molecule has 4 aromatic rings. The Morgan fingerprint density at radius 2 is 1.68 bits per heavy atom. The molecule has 1 aliphatic heterocycles. The van der Waals surface area contributed by atoms with Crippen LogP contribution in [0, 0.1) is 0 Å². The summed E-state index contributed by atoms with van der Waals surface area (Å²) in [5.74, 6) is 1.71. The van der Waals surface area contributed by atoms with Crippen LogP contribution in [0.1, 0.15) is 16.7 Å². The van der Waals surface area contributed by atoms with Gasteiger partial charge in [0.1, 0.15) is 0 Å². The van der Waals surface area contributed by atoms with Crippen LogP contribution in [0.3, 0.4) is 0 Å². The summed E-state index contributed by atoms with van der Waals surface area (Å²) >= 11 is 12.9. The van der Waals surface area contributed by atoms with Crippen molar-refractivity contribution >= 4 is 40.5 Å². The summed E-state index contributed by atoms with van der Waals surface area (Å²) in [7, 11) is 3.20. The minimum Gasteiger partial charge on any atom is -0.493 e. The van der Waals surface area contributed by atoms with Crippen molar-refractivity contribution in [2.24, 2.45) is 4.99 Å². The van der Waals surface area contributed by atoms with E-state index < -0.39 is 0 Å². The smallest absolute Gasteiger partial charge is 0.227 e. The van der Waals surface area contributed by atoms with Gasteiger partial charge >= 0.3 is 0 Å². The SMILES string of the molecule is COc1ccc(Nc2ncc3c(n2)-c2ccc(Cl)cc2C(c2ccccc2Cl)=NC3)cc1OC. The fourth-order valence-corrected chi connectivity index (χ4v) is 4.31. The van der Waals surface area contributed by atoms with Gasteiger partial charge in [0.05, 0.1) is 32.2 Å². The van der Waals surface area contributed by atoms with Gasteiger partial charge in [0.15, 0.2) is 11.5 Å². The largest absolute Gasteiger partial charge is 0.493 e. The van der Waals surface area contributed by atoms with Gasteiger partial charge in [-0.15, -0.1) is 0 Å². The van der Waals surface area contributed by atoms with Crippen LogP contribution in [0.15, 0.2) is 71.9 Å². The molecule has 0 saturated carbocycles. The van der Waals surface area contributed by atoms with Gasteiger partial charge in [-0.05, 0) is 30.3 Å². The molecule has 34 heavy (non-hydrogen) atoms. The normalized spacial score (nSPS) is 12.2. The number of hydrogen-bond donors (Lipinski definition) is 1. The molecular formula is C26H20Cl2N4O2. The second-order valence-corrected chi connectivity index (χ2v) is 8.44. The third kappa shape index (κ3) is 4.18. The molecule has 5 rings (SSSR count). The summed E-state index contributed by atoms with van der Waals surface area (Å²) in [5.41, 5.74) is 5.87. The number of nitrogens with zero attached hydrogens (tertiary/aromatic N) is 3. The molecule has 8 heteroatoms. The zero-order chi connectivity index (χ0) is 23.7. The summed E-state index contributed by atoms with van der Waals surface area (Å²) in [6.45, 7) is 0.416. The van der Waals surface area contributed by atoms with E-state index in [1.807, 2.05) is 60.7 Å². The molecule has 0 radical (unpaired) electrons. The molecule has 0 fully saturated rings. The lowest BCUT2D eigenvalue weighted by atomic mass is 9.95. The van der Waals surface area contributed by atoms with Gasteiger partial charge in [0.25, 0.3) is 0 Å². The highest BCUT2D eigenvalue weighted by atomic mass is 35.5. The molecule has 0 aliphatic carbocycles. The second kappa shape index (κ2) is 9.33. The lowest BCUT2D eigenvalue weighted by molar-refractivity contribution is 0.355. The fraction of sp³-hybridized carbons (Fsp3) is 0.115. The molecule has 0 saturated heterocycles. The van der Waals surface area contributed by atoms with E-state index >= 15 is 0 Å². The maximum atomic E-state index is 6.52. The van der Waals surface area contributed by atoms with E-state index in [1.54, 1.807) is 20.4 Å². The summed E-state index contributed by atoms with van der Waals surface area (Å²) in [5, 5.41) is 4.49. The van der Waals surface area contributed by atoms with E-state index in [4.69, 9.17) is 42.7 Å². The predicted octanol–water partition coefficient (Wildman–Crippen LogP) is 6.56. The molecule has 6 nitrogen and oxygen atoms in total. The molecule has 0 spiro atoms. The van der Waals surface area contributed by atoms with Crippen molar-refractivity contribution in [3.63, 3.8) is 0 Å². The van der Waals surface area contributed by atoms with Crippen molar-refractivity contribution in [1.82, 2.24) is 9.97 Å². The van der Waals surface area contributed by atoms with E-state index in [-0.39, 0.29) is 0 Å². The van der Waals surface area contributed by atoms with Crippen LogP contribution in [-0.4, -0.2) is 29.9 Å². The molecule has 1 N–H and O–H groups in total. The summed E-state index contributed by atoms with van der Waals surface area (Å²) in [6.07, 6.45) is 1.79.